The molecule has 5 heteroatoms. The van der Waals surface area contributed by atoms with Gasteiger partial charge in [0.15, 0.2) is 0 Å². The number of aromatic nitrogens is 3. The standard InChI is InChI=1S/C17H17N3OS/c1-14-6-5-9-16(12-14)21-10-11-22-17-18-13-20(19-17)15-7-3-2-4-8-15/h2-9,12-13H,10-11H2,1H3. The van der Waals surface area contributed by atoms with E-state index in [4.69, 9.17) is 4.74 Å². The molecule has 4 nitrogen and oxygen atoms in total. The van der Waals surface area contributed by atoms with Crippen molar-refractivity contribution in [2.45, 2.75) is 12.1 Å². The molecule has 0 aliphatic rings. The van der Waals surface area contributed by atoms with Gasteiger partial charge in [0.25, 0.3) is 0 Å². The highest BCUT2D eigenvalue weighted by atomic mass is 32.2. The maximum absolute atomic E-state index is 5.72. The summed E-state index contributed by atoms with van der Waals surface area (Å²) in [6, 6.07) is 18.0. The summed E-state index contributed by atoms with van der Waals surface area (Å²) in [4.78, 5) is 4.31. The number of rotatable bonds is 6. The van der Waals surface area contributed by atoms with Crippen molar-refractivity contribution in [2.75, 3.05) is 12.4 Å². The van der Waals surface area contributed by atoms with Gasteiger partial charge in [-0.15, -0.1) is 5.10 Å². The molecule has 0 aliphatic carbocycles. The summed E-state index contributed by atoms with van der Waals surface area (Å²) in [7, 11) is 0. The quantitative estimate of drug-likeness (QED) is 0.513. The lowest BCUT2D eigenvalue weighted by atomic mass is 10.2. The van der Waals surface area contributed by atoms with Crippen molar-refractivity contribution in [3.05, 3.63) is 66.5 Å². The van der Waals surface area contributed by atoms with Crippen LogP contribution in [0, 0.1) is 6.92 Å². The zero-order valence-corrected chi connectivity index (χ0v) is 13.2. The average Bonchev–Trinajstić information content (AvgIpc) is 3.01. The van der Waals surface area contributed by atoms with Gasteiger partial charge in [0, 0.05) is 5.75 Å². The molecule has 0 fully saturated rings. The van der Waals surface area contributed by atoms with Crippen molar-refractivity contribution in [2.24, 2.45) is 0 Å². The number of nitrogens with zero attached hydrogens (tertiary/aromatic N) is 3. The van der Waals surface area contributed by atoms with Gasteiger partial charge < -0.3 is 4.74 Å². The molecule has 3 aromatic rings. The van der Waals surface area contributed by atoms with E-state index in [0.717, 1.165) is 22.3 Å². The first-order valence-corrected chi connectivity index (χ1v) is 8.09. The van der Waals surface area contributed by atoms with Crippen LogP contribution < -0.4 is 4.74 Å². The van der Waals surface area contributed by atoms with Gasteiger partial charge in [0.2, 0.25) is 5.16 Å². The van der Waals surface area contributed by atoms with Crippen LogP contribution >= 0.6 is 11.8 Å². The fourth-order valence-electron chi connectivity index (χ4n) is 2.02. The Morgan fingerprint density at radius 2 is 1.95 bits per heavy atom. The van der Waals surface area contributed by atoms with Crippen LogP contribution in [0.5, 0.6) is 5.75 Å². The minimum Gasteiger partial charge on any atom is -0.493 e. The normalized spacial score (nSPS) is 10.6. The second-order valence-corrected chi connectivity index (χ2v) is 5.88. The van der Waals surface area contributed by atoms with Crippen molar-refractivity contribution in [3.63, 3.8) is 0 Å². The molecule has 2 aromatic carbocycles. The molecular weight excluding hydrogens is 294 g/mol. The third-order valence-electron chi connectivity index (χ3n) is 3.06. The minimum atomic E-state index is 0.633. The molecule has 0 N–H and O–H groups in total. The Balaban J connectivity index is 1.49. The summed E-state index contributed by atoms with van der Waals surface area (Å²) in [5, 5.41) is 5.21. The molecular formula is C17H17N3OS. The van der Waals surface area contributed by atoms with Crippen LogP contribution in [0.4, 0.5) is 0 Å². The van der Waals surface area contributed by atoms with Crippen LogP contribution in [-0.4, -0.2) is 27.1 Å². The van der Waals surface area contributed by atoms with Crippen molar-refractivity contribution in [3.8, 4) is 11.4 Å². The Hall–Kier alpha value is -2.27. The molecule has 1 aromatic heterocycles. The molecule has 0 radical (unpaired) electrons. The monoisotopic (exact) mass is 311 g/mol. The van der Waals surface area contributed by atoms with Crippen LogP contribution in [0.15, 0.2) is 66.1 Å². The minimum absolute atomic E-state index is 0.633. The van der Waals surface area contributed by atoms with Crippen molar-refractivity contribution in [1.29, 1.82) is 0 Å². The number of para-hydroxylation sites is 1. The molecule has 0 bridgehead atoms. The van der Waals surface area contributed by atoms with Crippen LogP contribution in [0.1, 0.15) is 5.56 Å². The van der Waals surface area contributed by atoms with Gasteiger partial charge in [-0.05, 0) is 36.8 Å². The van der Waals surface area contributed by atoms with E-state index in [2.05, 4.69) is 23.1 Å². The molecule has 1 heterocycles. The van der Waals surface area contributed by atoms with E-state index in [1.807, 2.05) is 48.5 Å². The molecule has 0 saturated carbocycles. The van der Waals surface area contributed by atoms with E-state index in [1.54, 1.807) is 22.8 Å². The number of ether oxygens (including phenoxy) is 1. The number of hydrogen-bond acceptors (Lipinski definition) is 4. The van der Waals surface area contributed by atoms with Crippen LogP contribution in [0.25, 0.3) is 5.69 Å². The van der Waals surface area contributed by atoms with Gasteiger partial charge in [0.05, 0.1) is 12.3 Å². The van der Waals surface area contributed by atoms with Gasteiger partial charge in [0.1, 0.15) is 12.1 Å². The van der Waals surface area contributed by atoms with Crippen molar-refractivity contribution >= 4 is 11.8 Å². The third kappa shape index (κ3) is 3.89. The van der Waals surface area contributed by atoms with E-state index in [0.29, 0.717) is 6.61 Å². The molecule has 22 heavy (non-hydrogen) atoms. The largest absolute Gasteiger partial charge is 0.493 e. The predicted octanol–water partition coefficient (Wildman–Crippen LogP) is 3.75. The summed E-state index contributed by atoms with van der Waals surface area (Å²) >= 11 is 1.59. The Kier molecular flexibility index (Phi) is 4.75. The van der Waals surface area contributed by atoms with Crippen LogP contribution in [0.3, 0.4) is 0 Å². The highest BCUT2D eigenvalue weighted by molar-refractivity contribution is 7.99. The van der Waals surface area contributed by atoms with Gasteiger partial charge in [-0.2, -0.15) is 0 Å². The average molecular weight is 311 g/mol. The topological polar surface area (TPSA) is 39.9 Å². The Bertz CT molecular complexity index is 728. The molecule has 3 rings (SSSR count). The second kappa shape index (κ2) is 7.13. The molecule has 0 atom stereocenters. The van der Waals surface area contributed by atoms with E-state index in [1.165, 1.54) is 5.56 Å². The van der Waals surface area contributed by atoms with E-state index < -0.39 is 0 Å². The third-order valence-corrected chi connectivity index (χ3v) is 3.88. The number of benzene rings is 2. The molecule has 0 spiro atoms. The lowest BCUT2D eigenvalue weighted by Gasteiger charge is -2.05. The van der Waals surface area contributed by atoms with Gasteiger partial charge >= 0.3 is 0 Å². The Morgan fingerprint density at radius 1 is 1.09 bits per heavy atom. The number of thioether (sulfide) groups is 1. The molecule has 112 valence electrons. The summed E-state index contributed by atoms with van der Waals surface area (Å²) in [6.45, 7) is 2.69. The lowest BCUT2D eigenvalue weighted by Crippen LogP contribution is -2.00. The summed E-state index contributed by atoms with van der Waals surface area (Å²) in [5.41, 5.74) is 2.21. The smallest absolute Gasteiger partial charge is 0.208 e. The Labute approximate surface area is 134 Å². The van der Waals surface area contributed by atoms with Crippen molar-refractivity contribution < 1.29 is 4.74 Å². The SMILES string of the molecule is Cc1cccc(OCCSc2ncn(-c3ccccc3)n2)c1. The zero-order chi connectivity index (χ0) is 15.2. The summed E-state index contributed by atoms with van der Waals surface area (Å²) < 4.78 is 7.50. The lowest BCUT2D eigenvalue weighted by molar-refractivity contribution is 0.343. The first-order chi connectivity index (χ1) is 10.8. The molecule has 0 unspecified atom stereocenters. The van der Waals surface area contributed by atoms with Gasteiger partial charge in [-0.25, -0.2) is 9.67 Å². The highest BCUT2D eigenvalue weighted by Crippen LogP contribution is 2.16. The van der Waals surface area contributed by atoms with E-state index in [-0.39, 0.29) is 0 Å². The molecule has 0 saturated heterocycles. The van der Waals surface area contributed by atoms with E-state index in [9.17, 15) is 0 Å². The summed E-state index contributed by atoms with van der Waals surface area (Å²) in [6.07, 6.45) is 1.74. The zero-order valence-electron chi connectivity index (χ0n) is 12.3. The maximum atomic E-state index is 5.72. The van der Waals surface area contributed by atoms with Crippen LogP contribution in [0.2, 0.25) is 0 Å². The number of hydrogen-bond donors (Lipinski definition) is 0. The Morgan fingerprint density at radius 3 is 2.77 bits per heavy atom. The van der Waals surface area contributed by atoms with E-state index >= 15 is 0 Å². The van der Waals surface area contributed by atoms with Crippen molar-refractivity contribution in [1.82, 2.24) is 14.8 Å². The first kappa shape index (κ1) is 14.7. The van der Waals surface area contributed by atoms with Crippen LogP contribution in [-0.2, 0) is 0 Å². The highest BCUT2D eigenvalue weighted by Gasteiger charge is 2.03. The fraction of sp³-hybridized carbons (Fsp3) is 0.176. The predicted molar refractivity (Wildman–Crippen MR) is 88.8 cm³/mol. The van der Waals surface area contributed by atoms with Gasteiger partial charge in [-0.3, -0.25) is 0 Å². The first-order valence-electron chi connectivity index (χ1n) is 7.10. The molecule has 0 amide bonds. The summed E-state index contributed by atoms with van der Waals surface area (Å²) in [5.74, 6) is 1.72. The second-order valence-electron chi connectivity index (χ2n) is 4.82. The molecule has 0 aliphatic heterocycles. The maximum Gasteiger partial charge on any atom is 0.208 e. The fourth-order valence-corrected chi connectivity index (χ4v) is 2.63. The number of aryl methyl sites for hydroxylation is 1. The van der Waals surface area contributed by atoms with Gasteiger partial charge in [-0.1, -0.05) is 42.1 Å².